The molecule has 86 valence electrons. The molecule has 0 amide bonds. The topological polar surface area (TPSA) is 65.6 Å². The van der Waals surface area contributed by atoms with Gasteiger partial charge in [-0.2, -0.15) is 5.10 Å². The summed E-state index contributed by atoms with van der Waals surface area (Å²) in [6, 6.07) is 0.979. The summed E-state index contributed by atoms with van der Waals surface area (Å²) in [6.45, 7) is 0. The first-order valence-corrected chi connectivity index (χ1v) is 6.35. The fraction of sp³-hybridized carbons (Fsp3) is 0.818. The molecule has 5 heteroatoms. The third kappa shape index (κ3) is 1.31. The summed E-state index contributed by atoms with van der Waals surface area (Å²) in [5.74, 6) is 3.39. The molecule has 3 aliphatic rings. The zero-order valence-electron chi connectivity index (χ0n) is 9.24. The first-order valence-electron chi connectivity index (χ1n) is 6.35. The van der Waals surface area contributed by atoms with Crippen molar-refractivity contribution in [3.05, 3.63) is 11.6 Å². The Hall–Kier alpha value is -0.940. The molecular weight excluding hydrogens is 202 g/mol. The Balaban J connectivity index is 1.59. The summed E-state index contributed by atoms with van der Waals surface area (Å²) >= 11 is 0. The molecule has 3 N–H and O–H groups in total. The average molecular weight is 219 g/mol. The van der Waals surface area contributed by atoms with Crippen molar-refractivity contribution >= 4 is 0 Å². The molecule has 16 heavy (non-hydrogen) atoms. The van der Waals surface area contributed by atoms with Crippen molar-refractivity contribution in [3.63, 3.8) is 0 Å². The minimum atomic E-state index is 0.340. The summed E-state index contributed by atoms with van der Waals surface area (Å²) in [6.07, 6.45) is 6.45. The van der Waals surface area contributed by atoms with Crippen LogP contribution >= 0.6 is 0 Å². The van der Waals surface area contributed by atoms with Crippen molar-refractivity contribution in [3.8, 4) is 0 Å². The molecule has 1 aromatic rings. The maximum Gasteiger partial charge on any atom is 0.153 e. The van der Waals surface area contributed by atoms with Gasteiger partial charge in [-0.15, -0.1) is 0 Å². The van der Waals surface area contributed by atoms with E-state index >= 15 is 0 Å². The number of hydrazine groups is 1. The van der Waals surface area contributed by atoms with E-state index in [2.05, 4.69) is 26.0 Å². The standard InChI is InChI=1S/C11H17N5/c1-2-7-8(3-1)13-14-9(7)11-12-10(15-16-11)6-4-5-6/h6-9,13-14H,1-5H2,(H,12,15,16). The van der Waals surface area contributed by atoms with E-state index in [0.717, 1.165) is 11.6 Å². The quantitative estimate of drug-likeness (QED) is 0.694. The van der Waals surface area contributed by atoms with Crippen LogP contribution in [0.15, 0.2) is 0 Å². The smallest absolute Gasteiger partial charge is 0.153 e. The zero-order valence-corrected chi connectivity index (χ0v) is 9.24. The van der Waals surface area contributed by atoms with Gasteiger partial charge in [0.25, 0.3) is 0 Å². The molecule has 5 nitrogen and oxygen atoms in total. The van der Waals surface area contributed by atoms with E-state index in [1.165, 1.54) is 32.1 Å². The minimum absolute atomic E-state index is 0.340. The van der Waals surface area contributed by atoms with E-state index < -0.39 is 0 Å². The van der Waals surface area contributed by atoms with Crippen LogP contribution in [0.2, 0.25) is 0 Å². The van der Waals surface area contributed by atoms with Crippen molar-refractivity contribution in [1.29, 1.82) is 0 Å². The Morgan fingerprint density at radius 2 is 2.00 bits per heavy atom. The zero-order chi connectivity index (χ0) is 10.5. The van der Waals surface area contributed by atoms with Gasteiger partial charge < -0.3 is 0 Å². The van der Waals surface area contributed by atoms with E-state index in [1.807, 2.05) is 0 Å². The summed E-state index contributed by atoms with van der Waals surface area (Å²) in [4.78, 5) is 4.65. The van der Waals surface area contributed by atoms with Crippen LogP contribution < -0.4 is 10.9 Å². The maximum atomic E-state index is 4.65. The fourth-order valence-corrected chi connectivity index (χ4v) is 3.09. The maximum absolute atomic E-state index is 4.65. The lowest BCUT2D eigenvalue weighted by molar-refractivity contribution is 0.441. The number of fused-ring (bicyclic) bond motifs is 1. The molecule has 2 aliphatic carbocycles. The van der Waals surface area contributed by atoms with Crippen LogP contribution in [0.5, 0.6) is 0 Å². The molecule has 3 fully saturated rings. The van der Waals surface area contributed by atoms with Gasteiger partial charge in [0.05, 0.1) is 6.04 Å². The average Bonchev–Trinajstić information content (AvgIpc) is 2.76. The lowest BCUT2D eigenvalue weighted by atomic mass is 9.97. The number of hydrogen-bond acceptors (Lipinski definition) is 4. The molecule has 1 aliphatic heterocycles. The number of nitrogens with one attached hydrogen (secondary N) is 3. The van der Waals surface area contributed by atoms with Crippen LogP contribution in [0.4, 0.5) is 0 Å². The van der Waals surface area contributed by atoms with Crippen molar-refractivity contribution < 1.29 is 0 Å². The van der Waals surface area contributed by atoms with Gasteiger partial charge in [0, 0.05) is 12.0 Å². The molecule has 0 aromatic carbocycles. The largest absolute Gasteiger partial charge is 0.262 e. The summed E-state index contributed by atoms with van der Waals surface area (Å²) in [5.41, 5.74) is 6.75. The van der Waals surface area contributed by atoms with Crippen molar-refractivity contribution in [1.82, 2.24) is 26.0 Å². The summed E-state index contributed by atoms with van der Waals surface area (Å²) < 4.78 is 0. The van der Waals surface area contributed by atoms with Gasteiger partial charge in [0.2, 0.25) is 0 Å². The second-order valence-electron chi connectivity index (χ2n) is 5.32. The number of aromatic amines is 1. The molecule has 0 bridgehead atoms. The molecule has 0 spiro atoms. The third-order valence-electron chi connectivity index (χ3n) is 4.18. The first kappa shape index (κ1) is 9.13. The molecule has 2 heterocycles. The monoisotopic (exact) mass is 219 g/mol. The lowest BCUT2D eigenvalue weighted by Crippen LogP contribution is -2.30. The third-order valence-corrected chi connectivity index (χ3v) is 4.18. The van der Waals surface area contributed by atoms with Gasteiger partial charge in [0.15, 0.2) is 5.82 Å². The van der Waals surface area contributed by atoms with Crippen molar-refractivity contribution in [2.75, 3.05) is 0 Å². The highest BCUT2D eigenvalue weighted by atomic mass is 15.4. The van der Waals surface area contributed by atoms with Gasteiger partial charge in [-0.05, 0) is 31.6 Å². The van der Waals surface area contributed by atoms with Crippen LogP contribution in [-0.4, -0.2) is 21.2 Å². The SMILES string of the molecule is C1CC2NNC(c3nc(C4CC4)n[nH]3)C2C1. The van der Waals surface area contributed by atoms with Crippen LogP contribution in [0.3, 0.4) is 0 Å². The highest BCUT2D eigenvalue weighted by Gasteiger charge is 2.41. The van der Waals surface area contributed by atoms with Crippen LogP contribution in [0, 0.1) is 5.92 Å². The second kappa shape index (κ2) is 3.28. The number of nitrogens with zero attached hydrogens (tertiary/aromatic N) is 2. The first-order chi connectivity index (χ1) is 7.92. The van der Waals surface area contributed by atoms with E-state index in [1.54, 1.807) is 0 Å². The van der Waals surface area contributed by atoms with E-state index in [9.17, 15) is 0 Å². The Morgan fingerprint density at radius 3 is 2.88 bits per heavy atom. The Labute approximate surface area is 94.4 Å². The van der Waals surface area contributed by atoms with Crippen molar-refractivity contribution in [2.24, 2.45) is 5.92 Å². The van der Waals surface area contributed by atoms with E-state index in [-0.39, 0.29) is 0 Å². The van der Waals surface area contributed by atoms with Gasteiger partial charge in [0.1, 0.15) is 5.82 Å². The fourth-order valence-electron chi connectivity index (χ4n) is 3.09. The molecular formula is C11H17N5. The van der Waals surface area contributed by atoms with Crippen LogP contribution in [-0.2, 0) is 0 Å². The molecule has 3 atom stereocenters. The number of H-pyrrole nitrogens is 1. The Kier molecular flexibility index (Phi) is 1.87. The molecule has 0 radical (unpaired) electrons. The molecule has 4 rings (SSSR count). The van der Waals surface area contributed by atoms with Gasteiger partial charge in [-0.3, -0.25) is 10.5 Å². The van der Waals surface area contributed by atoms with Crippen molar-refractivity contribution in [2.45, 2.75) is 50.1 Å². The Bertz CT molecular complexity index is 397. The number of hydrogen-bond donors (Lipinski definition) is 3. The highest BCUT2D eigenvalue weighted by molar-refractivity contribution is 5.10. The second-order valence-corrected chi connectivity index (χ2v) is 5.32. The normalized spacial score (nSPS) is 37.9. The number of aromatic nitrogens is 3. The summed E-state index contributed by atoms with van der Waals surface area (Å²) in [7, 11) is 0. The summed E-state index contributed by atoms with van der Waals surface area (Å²) in [5, 5.41) is 7.45. The van der Waals surface area contributed by atoms with Gasteiger partial charge in [-0.1, -0.05) is 6.42 Å². The predicted octanol–water partition coefficient (Wildman–Crippen LogP) is 1.000. The lowest BCUT2D eigenvalue weighted by Gasteiger charge is -2.13. The molecule has 2 saturated carbocycles. The Morgan fingerprint density at radius 1 is 1.06 bits per heavy atom. The van der Waals surface area contributed by atoms with Gasteiger partial charge in [-0.25, -0.2) is 10.4 Å². The van der Waals surface area contributed by atoms with E-state index in [4.69, 9.17) is 0 Å². The highest BCUT2D eigenvalue weighted by Crippen LogP contribution is 2.40. The van der Waals surface area contributed by atoms with Gasteiger partial charge >= 0.3 is 0 Å². The minimum Gasteiger partial charge on any atom is -0.262 e. The van der Waals surface area contributed by atoms with Crippen LogP contribution in [0.25, 0.3) is 0 Å². The number of rotatable bonds is 2. The van der Waals surface area contributed by atoms with E-state index in [0.29, 0.717) is 23.9 Å². The molecule has 3 unspecified atom stereocenters. The molecule has 1 aromatic heterocycles. The predicted molar refractivity (Wildman–Crippen MR) is 58.5 cm³/mol. The van der Waals surface area contributed by atoms with Crippen LogP contribution in [0.1, 0.15) is 55.7 Å². The molecule has 1 saturated heterocycles.